The second kappa shape index (κ2) is 4.16. The van der Waals surface area contributed by atoms with Crippen LogP contribution < -0.4 is 4.74 Å². The monoisotopic (exact) mass is 258 g/mol. The van der Waals surface area contributed by atoms with Crippen LogP contribution in [-0.4, -0.2) is 12.2 Å². The molecule has 0 amide bonds. The summed E-state index contributed by atoms with van der Waals surface area (Å²) in [5, 5.41) is 10.3. The van der Waals surface area contributed by atoms with Crippen LogP contribution in [0.1, 0.15) is 43.6 Å². The zero-order valence-corrected chi connectivity index (χ0v) is 11.5. The molecule has 2 nitrogen and oxygen atoms in total. The molecule has 102 valence electrons. The van der Waals surface area contributed by atoms with Crippen molar-refractivity contribution in [3.05, 3.63) is 23.8 Å². The van der Waals surface area contributed by atoms with Crippen LogP contribution in [0.4, 0.5) is 0 Å². The average Bonchev–Trinajstić information content (AvgIpc) is 2.39. The summed E-state index contributed by atoms with van der Waals surface area (Å²) in [4.78, 5) is 0. The molecule has 1 N–H and O–H groups in total. The predicted octanol–water partition coefficient (Wildman–Crippen LogP) is 3.94. The maximum absolute atomic E-state index is 10.3. The maximum Gasteiger partial charge on any atom is 0.119 e. The van der Waals surface area contributed by atoms with Crippen LogP contribution in [-0.2, 0) is 0 Å². The van der Waals surface area contributed by atoms with Gasteiger partial charge >= 0.3 is 0 Å². The number of ether oxygens (including phenoxy) is 1. The minimum absolute atomic E-state index is 0.471. The maximum atomic E-state index is 10.3. The zero-order valence-electron chi connectivity index (χ0n) is 11.5. The van der Waals surface area contributed by atoms with Gasteiger partial charge in [0.1, 0.15) is 11.5 Å². The summed E-state index contributed by atoms with van der Waals surface area (Å²) in [6.07, 6.45) is 7.01. The summed E-state index contributed by atoms with van der Waals surface area (Å²) in [5.74, 6) is 5.48. The lowest BCUT2D eigenvalue weighted by molar-refractivity contribution is -0.00352. The molecule has 0 heterocycles. The second-order valence-corrected chi connectivity index (χ2v) is 6.88. The Labute approximate surface area is 114 Å². The highest BCUT2D eigenvalue weighted by Gasteiger charge is 2.49. The number of methoxy groups -OCH3 is 1. The van der Waals surface area contributed by atoms with E-state index >= 15 is 0 Å². The van der Waals surface area contributed by atoms with Gasteiger partial charge in [0.05, 0.1) is 7.11 Å². The van der Waals surface area contributed by atoms with Crippen LogP contribution in [0, 0.1) is 23.7 Å². The smallest absolute Gasteiger partial charge is 0.119 e. The molecule has 5 rings (SSSR count). The lowest BCUT2D eigenvalue weighted by atomic mass is 9.50. The molecule has 4 aliphatic rings. The number of rotatable bonds is 2. The van der Waals surface area contributed by atoms with Crippen molar-refractivity contribution in [1.29, 1.82) is 0 Å². The van der Waals surface area contributed by atoms with Gasteiger partial charge in [-0.2, -0.15) is 0 Å². The Morgan fingerprint density at radius 1 is 1.00 bits per heavy atom. The van der Waals surface area contributed by atoms with Crippen molar-refractivity contribution < 1.29 is 9.84 Å². The van der Waals surface area contributed by atoms with Crippen LogP contribution >= 0.6 is 0 Å². The third-order valence-electron chi connectivity index (χ3n) is 5.82. The van der Waals surface area contributed by atoms with Crippen molar-refractivity contribution in [2.45, 2.75) is 38.0 Å². The molecule has 0 aromatic heterocycles. The van der Waals surface area contributed by atoms with Crippen LogP contribution in [0.25, 0.3) is 0 Å². The summed E-state index contributed by atoms with van der Waals surface area (Å²) in [7, 11) is 1.70. The number of phenols is 1. The molecule has 2 heteroatoms. The minimum Gasteiger partial charge on any atom is -0.508 e. The molecule has 0 radical (unpaired) electrons. The van der Waals surface area contributed by atoms with Crippen molar-refractivity contribution in [2.75, 3.05) is 7.11 Å². The van der Waals surface area contributed by atoms with E-state index in [4.69, 9.17) is 4.74 Å². The number of hydrogen-bond donors (Lipinski definition) is 1. The molecule has 0 atom stereocenters. The lowest BCUT2D eigenvalue weighted by Crippen LogP contribution is -2.43. The first-order valence-electron chi connectivity index (χ1n) is 7.61. The quantitative estimate of drug-likeness (QED) is 0.870. The van der Waals surface area contributed by atoms with Crippen LogP contribution in [0.2, 0.25) is 0 Å². The van der Waals surface area contributed by atoms with Gasteiger partial charge in [0, 0.05) is 5.56 Å². The van der Waals surface area contributed by atoms with Gasteiger partial charge in [0.25, 0.3) is 0 Å². The first-order valence-corrected chi connectivity index (χ1v) is 7.61. The third kappa shape index (κ3) is 1.76. The van der Waals surface area contributed by atoms with Gasteiger partial charge in [-0.05, 0) is 79.9 Å². The standard InChI is InChI=1S/C17H22O2/c1-19-14-2-3-16(18)15(9-14)17-12-5-10-4-11(7-12)8-13(17)6-10/h2-3,9-13,17-18H,4-8H2,1H3. The van der Waals surface area contributed by atoms with Crippen LogP contribution in [0.5, 0.6) is 11.5 Å². The number of aromatic hydroxyl groups is 1. The summed E-state index contributed by atoms with van der Waals surface area (Å²) < 4.78 is 5.34. The molecule has 19 heavy (non-hydrogen) atoms. The molecule has 1 aromatic carbocycles. The van der Waals surface area contributed by atoms with Gasteiger partial charge in [-0.1, -0.05) is 0 Å². The summed E-state index contributed by atoms with van der Waals surface area (Å²) >= 11 is 0. The number of hydrogen-bond acceptors (Lipinski definition) is 2. The number of phenolic OH excluding ortho intramolecular Hbond substituents is 1. The fourth-order valence-corrected chi connectivity index (χ4v) is 5.36. The van der Waals surface area contributed by atoms with E-state index in [1.54, 1.807) is 13.2 Å². The Morgan fingerprint density at radius 2 is 1.63 bits per heavy atom. The first-order chi connectivity index (χ1) is 9.24. The fourth-order valence-electron chi connectivity index (χ4n) is 5.36. The van der Waals surface area contributed by atoms with Crippen LogP contribution in [0.3, 0.4) is 0 Å². The minimum atomic E-state index is 0.471. The predicted molar refractivity (Wildman–Crippen MR) is 74.4 cm³/mol. The zero-order chi connectivity index (χ0) is 13.0. The fraction of sp³-hybridized carbons (Fsp3) is 0.647. The molecule has 1 aromatic rings. The highest BCUT2D eigenvalue weighted by molar-refractivity contribution is 5.43. The molecule has 4 bridgehead atoms. The van der Waals surface area contributed by atoms with Crippen molar-refractivity contribution in [3.8, 4) is 11.5 Å². The molecular formula is C17H22O2. The molecular weight excluding hydrogens is 236 g/mol. The van der Waals surface area contributed by atoms with Gasteiger partial charge in [0.2, 0.25) is 0 Å². The Bertz CT molecular complexity index is 466. The van der Waals surface area contributed by atoms with Gasteiger partial charge in [-0.15, -0.1) is 0 Å². The van der Waals surface area contributed by atoms with E-state index in [0.29, 0.717) is 11.7 Å². The van der Waals surface area contributed by atoms with E-state index in [2.05, 4.69) is 6.07 Å². The van der Waals surface area contributed by atoms with Gasteiger partial charge < -0.3 is 9.84 Å². The molecule has 0 unspecified atom stereocenters. The van der Waals surface area contributed by atoms with Crippen molar-refractivity contribution >= 4 is 0 Å². The summed E-state index contributed by atoms with van der Waals surface area (Å²) in [5.41, 5.74) is 1.15. The van der Waals surface area contributed by atoms with E-state index in [-0.39, 0.29) is 0 Å². The van der Waals surface area contributed by atoms with Crippen molar-refractivity contribution in [1.82, 2.24) is 0 Å². The topological polar surface area (TPSA) is 29.5 Å². The largest absolute Gasteiger partial charge is 0.508 e. The second-order valence-electron chi connectivity index (χ2n) is 6.88. The summed E-state index contributed by atoms with van der Waals surface area (Å²) in [6, 6.07) is 5.73. The molecule has 0 aliphatic heterocycles. The highest BCUT2D eigenvalue weighted by Crippen LogP contribution is 2.60. The van der Waals surface area contributed by atoms with Gasteiger partial charge in [-0.25, -0.2) is 0 Å². The molecule has 4 aliphatic carbocycles. The third-order valence-corrected chi connectivity index (χ3v) is 5.82. The Balaban J connectivity index is 1.72. The Morgan fingerprint density at radius 3 is 2.21 bits per heavy atom. The van der Waals surface area contributed by atoms with Gasteiger partial charge in [-0.3, -0.25) is 0 Å². The average molecular weight is 258 g/mol. The SMILES string of the molecule is COc1ccc(O)c(C2C3CC4CC(C3)CC2C4)c1. The summed E-state index contributed by atoms with van der Waals surface area (Å²) in [6.45, 7) is 0. The Kier molecular flexibility index (Phi) is 2.54. The highest BCUT2D eigenvalue weighted by atomic mass is 16.5. The number of benzene rings is 1. The van der Waals surface area contributed by atoms with E-state index in [1.165, 1.54) is 32.1 Å². The normalized spacial score (nSPS) is 39.5. The van der Waals surface area contributed by atoms with Crippen LogP contribution in [0.15, 0.2) is 18.2 Å². The lowest BCUT2D eigenvalue weighted by Gasteiger charge is -2.54. The van der Waals surface area contributed by atoms with Crippen molar-refractivity contribution in [2.24, 2.45) is 23.7 Å². The molecule has 4 saturated carbocycles. The van der Waals surface area contributed by atoms with E-state index in [0.717, 1.165) is 35.0 Å². The van der Waals surface area contributed by atoms with E-state index in [9.17, 15) is 5.11 Å². The van der Waals surface area contributed by atoms with E-state index in [1.807, 2.05) is 6.07 Å². The van der Waals surface area contributed by atoms with Gasteiger partial charge in [0.15, 0.2) is 0 Å². The molecule has 4 fully saturated rings. The first kappa shape index (κ1) is 11.6. The Hall–Kier alpha value is -1.18. The van der Waals surface area contributed by atoms with Crippen molar-refractivity contribution in [3.63, 3.8) is 0 Å². The molecule has 0 spiro atoms. The van der Waals surface area contributed by atoms with E-state index < -0.39 is 0 Å². The molecule has 0 saturated heterocycles.